The number of piperazine rings is 1. The molecule has 0 unspecified atom stereocenters. The SMILES string of the molecule is COCCOCCOCCOCc1cc(OC[C@H]2COCCO2)ccc1-c1nccc(COc2ccc3cc2C[C@H](C(=O)O)Oc2ncnc4sc(-c5ccc(F)cc5)c(c24)-c2c(C)c(Cl)c(c(Cl)c2C)O[C@H](CN2CCN(C)CC2)CO3)n1. The van der Waals surface area contributed by atoms with Gasteiger partial charge < -0.3 is 62.1 Å². The van der Waals surface area contributed by atoms with Gasteiger partial charge in [0.1, 0.15) is 66.3 Å². The first-order valence-electron chi connectivity index (χ1n) is 27.8. The van der Waals surface area contributed by atoms with Gasteiger partial charge in [0.15, 0.2) is 11.6 Å². The van der Waals surface area contributed by atoms with Crippen LogP contribution in [0.1, 0.15) is 27.9 Å². The molecule has 2 saturated heterocycles. The summed E-state index contributed by atoms with van der Waals surface area (Å²) in [7, 11) is 3.72. The standard InChI is InChI=1S/C61H67Cl2FN6O13S/c1-37-51-38(2)55(63)56(54(37)62)82-46(30-70-17-15-69(3)16-18-70)34-79-45-10-12-49(40(27-45)29-50(61(71)72)83-59-53-52(51)57(84-60(53)67-36-66-59)39-5-7-42(64)8-6-39)81-32-43-13-14-65-58(68-43)48-11-9-44(80-35-47-33-77-25-26-78-47)28-41(48)31-76-24-23-75-22-21-74-20-19-73-4/h5-14,27-28,36,46-47,50H,15-26,29-35H2,1-4H3,(H,71,72)/t46-,47-,50-/m1/s1. The van der Waals surface area contributed by atoms with Crippen molar-refractivity contribution < 1.29 is 66.4 Å². The summed E-state index contributed by atoms with van der Waals surface area (Å²) in [5.74, 6) is 0.448. The maximum absolute atomic E-state index is 14.5. The van der Waals surface area contributed by atoms with E-state index in [9.17, 15) is 14.3 Å². The van der Waals surface area contributed by atoms with E-state index in [0.717, 1.165) is 31.7 Å². The minimum absolute atomic E-state index is 0.00313. The van der Waals surface area contributed by atoms with E-state index >= 15 is 0 Å². The molecule has 3 aromatic heterocycles. The van der Waals surface area contributed by atoms with Gasteiger partial charge >= 0.3 is 5.97 Å². The lowest BCUT2D eigenvalue weighted by atomic mass is 9.92. The van der Waals surface area contributed by atoms with Gasteiger partial charge in [0, 0.05) is 74.0 Å². The molecule has 0 spiro atoms. The van der Waals surface area contributed by atoms with E-state index in [1.165, 1.54) is 29.8 Å². The molecule has 4 bridgehead atoms. The fraction of sp³-hybridized carbons (Fsp3) is 0.426. The van der Waals surface area contributed by atoms with Crippen LogP contribution in [0.25, 0.3) is 43.2 Å². The lowest BCUT2D eigenvalue weighted by Gasteiger charge is -2.35. The topological polar surface area (TPSA) is 197 Å². The molecule has 4 aromatic carbocycles. The van der Waals surface area contributed by atoms with E-state index in [1.807, 2.05) is 32.0 Å². The Labute approximate surface area is 500 Å². The van der Waals surface area contributed by atoms with Crippen molar-refractivity contribution in [3.63, 3.8) is 0 Å². The molecule has 84 heavy (non-hydrogen) atoms. The first kappa shape index (κ1) is 60.8. The summed E-state index contributed by atoms with van der Waals surface area (Å²) < 4.78 is 81.0. The number of carboxylic acids is 1. The number of benzene rings is 4. The molecule has 446 valence electrons. The van der Waals surface area contributed by atoms with Crippen LogP contribution in [0.5, 0.6) is 28.9 Å². The number of methoxy groups -OCH3 is 1. The number of rotatable bonds is 22. The van der Waals surface area contributed by atoms with Crippen LogP contribution in [0, 0.1) is 19.7 Å². The maximum Gasteiger partial charge on any atom is 0.345 e. The monoisotopic (exact) mass is 1210 g/mol. The van der Waals surface area contributed by atoms with Gasteiger partial charge in [0.2, 0.25) is 12.0 Å². The Morgan fingerprint density at radius 3 is 2.31 bits per heavy atom. The number of carbonyl (C=O) groups is 1. The van der Waals surface area contributed by atoms with E-state index in [0.29, 0.717) is 161 Å². The fourth-order valence-electron chi connectivity index (χ4n) is 10.1. The molecule has 1 N–H and O–H groups in total. The highest BCUT2D eigenvalue weighted by atomic mass is 35.5. The summed E-state index contributed by atoms with van der Waals surface area (Å²) in [4.78, 5) is 38.2. The number of nitrogens with zero attached hydrogens (tertiary/aromatic N) is 6. The second-order valence-electron chi connectivity index (χ2n) is 20.5. The zero-order valence-electron chi connectivity index (χ0n) is 47.2. The molecule has 0 amide bonds. The normalized spacial score (nSPS) is 17.8. The van der Waals surface area contributed by atoms with Crippen molar-refractivity contribution in [2.45, 2.75) is 51.8 Å². The van der Waals surface area contributed by atoms with Gasteiger partial charge in [-0.15, -0.1) is 11.3 Å². The molecular weight excluding hydrogens is 1150 g/mol. The van der Waals surface area contributed by atoms with Gasteiger partial charge in [-0.1, -0.05) is 35.3 Å². The van der Waals surface area contributed by atoms with Crippen molar-refractivity contribution in [2.24, 2.45) is 0 Å². The van der Waals surface area contributed by atoms with Crippen molar-refractivity contribution in [1.82, 2.24) is 29.7 Å². The lowest BCUT2D eigenvalue weighted by molar-refractivity contribution is -0.145. The number of likely N-dealkylation sites (N-methyl/N-ethyl adjacent to an activating group) is 1. The Morgan fingerprint density at radius 2 is 1.57 bits per heavy atom. The van der Waals surface area contributed by atoms with Crippen molar-refractivity contribution in [3.8, 4) is 61.8 Å². The van der Waals surface area contributed by atoms with Crippen LogP contribution in [0.15, 0.2) is 79.3 Å². The van der Waals surface area contributed by atoms with E-state index < -0.39 is 24.0 Å². The van der Waals surface area contributed by atoms with Gasteiger partial charge in [-0.05, 0) is 103 Å². The van der Waals surface area contributed by atoms with Gasteiger partial charge in [-0.3, -0.25) is 4.90 Å². The number of ether oxygens (including phenoxy) is 11. The molecule has 2 fully saturated rings. The zero-order valence-corrected chi connectivity index (χ0v) is 49.6. The molecule has 4 aliphatic heterocycles. The average Bonchev–Trinajstić information content (AvgIpc) is 3.38. The molecule has 7 heterocycles. The Hall–Kier alpha value is -6.34. The summed E-state index contributed by atoms with van der Waals surface area (Å²) in [5, 5.41) is 12.0. The highest BCUT2D eigenvalue weighted by Crippen LogP contribution is 2.53. The van der Waals surface area contributed by atoms with Gasteiger partial charge in [0.25, 0.3) is 0 Å². The minimum atomic E-state index is -1.52. The van der Waals surface area contributed by atoms with Gasteiger partial charge in [0.05, 0.1) is 87.2 Å². The molecule has 11 rings (SSSR count). The number of thiophene rings is 1. The van der Waals surface area contributed by atoms with Crippen LogP contribution >= 0.6 is 34.5 Å². The fourth-order valence-corrected chi connectivity index (χ4v) is 11.7. The van der Waals surface area contributed by atoms with Crippen LogP contribution in [0.4, 0.5) is 4.39 Å². The van der Waals surface area contributed by atoms with Crippen molar-refractivity contribution in [1.29, 1.82) is 0 Å². The smallest absolute Gasteiger partial charge is 0.345 e. The number of halogens is 3. The van der Waals surface area contributed by atoms with Crippen LogP contribution in [0.2, 0.25) is 10.0 Å². The van der Waals surface area contributed by atoms with Gasteiger partial charge in [-0.25, -0.2) is 29.1 Å². The summed E-state index contributed by atoms with van der Waals surface area (Å²) in [6.07, 6.45) is 0.507. The van der Waals surface area contributed by atoms with Crippen LogP contribution in [-0.2, 0) is 52.9 Å². The Balaban J connectivity index is 0.964. The molecule has 4 aliphatic rings. The largest absolute Gasteiger partial charge is 0.491 e. The third-order valence-corrected chi connectivity index (χ3v) is 16.6. The second kappa shape index (κ2) is 29.2. The third kappa shape index (κ3) is 15.2. The summed E-state index contributed by atoms with van der Waals surface area (Å²) >= 11 is 16.1. The van der Waals surface area contributed by atoms with Crippen molar-refractivity contribution in [3.05, 3.63) is 123 Å². The van der Waals surface area contributed by atoms with Crippen molar-refractivity contribution in [2.75, 3.05) is 120 Å². The highest BCUT2D eigenvalue weighted by Gasteiger charge is 2.32. The second-order valence-corrected chi connectivity index (χ2v) is 22.2. The highest BCUT2D eigenvalue weighted by molar-refractivity contribution is 7.22. The van der Waals surface area contributed by atoms with E-state index in [1.54, 1.807) is 49.7 Å². The van der Waals surface area contributed by atoms with Crippen LogP contribution in [-0.4, -0.2) is 179 Å². The molecule has 19 nitrogen and oxygen atoms in total. The maximum atomic E-state index is 14.5. The number of carboxylic acid groups (broad SMARTS) is 1. The quantitative estimate of drug-likeness (QED) is 0.0629. The average molecular weight is 1210 g/mol. The Morgan fingerprint density at radius 1 is 0.810 bits per heavy atom. The van der Waals surface area contributed by atoms with Gasteiger partial charge in [-0.2, -0.15) is 0 Å². The van der Waals surface area contributed by atoms with Crippen LogP contribution in [0.3, 0.4) is 0 Å². The molecular formula is C61H67Cl2FN6O13S. The third-order valence-electron chi connectivity index (χ3n) is 14.5. The predicted octanol–water partition coefficient (Wildman–Crippen LogP) is 9.58. The predicted molar refractivity (Wildman–Crippen MR) is 315 cm³/mol. The summed E-state index contributed by atoms with van der Waals surface area (Å²) in [5.41, 5.74) is 5.68. The van der Waals surface area contributed by atoms with E-state index in [4.69, 9.17) is 80.3 Å². The number of hydrogen-bond acceptors (Lipinski definition) is 19. The summed E-state index contributed by atoms with van der Waals surface area (Å²) in [6.45, 7) is 12.2. The molecule has 7 aromatic rings. The number of aromatic nitrogens is 4. The minimum Gasteiger partial charge on any atom is -0.491 e. The van der Waals surface area contributed by atoms with E-state index in [2.05, 4.69) is 31.8 Å². The zero-order chi connectivity index (χ0) is 58.5. The Kier molecular flexibility index (Phi) is 21.1. The first-order valence-corrected chi connectivity index (χ1v) is 29.3. The molecule has 23 heteroatoms. The van der Waals surface area contributed by atoms with Crippen molar-refractivity contribution >= 4 is 50.7 Å². The molecule has 0 radical (unpaired) electrons. The number of aliphatic carboxylic acids is 1. The summed E-state index contributed by atoms with van der Waals surface area (Å²) in [6, 6.07) is 18.7. The molecule has 0 saturated carbocycles. The molecule has 3 atom stereocenters. The lowest BCUT2D eigenvalue weighted by Crippen LogP contribution is -2.49. The number of fused-ring (bicyclic) bond motifs is 7. The first-order chi connectivity index (χ1) is 40.9. The van der Waals surface area contributed by atoms with Crippen LogP contribution < -0.4 is 23.7 Å². The Bertz CT molecular complexity index is 3340. The number of hydrogen-bond donors (Lipinski definition) is 1. The van der Waals surface area contributed by atoms with E-state index in [-0.39, 0.29) is 48.3 Å². The molecule has 0 aliphatic carbocycles.